The molecule has 0 heterocycles. The Labute approximate surface area is 221 Å². The maximum atomic E-state index is 12.5. The fraction of sp³-hybridized carbons (Fsp3) is 0.160. The van der Waals surface area contributed by atoms with Crippen LogP contribution >= 0.6 is 23.4 Å². The van der Waals surface area contributed by atoms with Gasteiger partial charge in [0.25, 0.3) is 0 Å². The lowest BCUT2D eigenvalue weighted by Gasteiger charge is -2.13. The molecule has 0 aromatic heterocycles. The molecular weight excluding hydrogens is 562 g/mol. The molecule has 0 saturated heterocycles. The molecule has 0 fully saturated rings. The Bertz CT molecular complexity index is 1210. The fourth-order valence-electron chi connectivity index (χ4n) is 3.12. The van der Waals surface area contributed by atoms with Gasteiger partial charge in [-0.3, -0.25) is 0 Å². The number of carboxylic acid groups (broad SMARTS) is 1. The first-order valence-corrected chi connectivity index (χ1v) is 11.8. The van der Waals surface area contributed by atoms with Crippen LogP contribution in [0.4, 0.5) is 26.3 Å². The van der Waals surface area contributed by atoms with Crippen LogP contribution in [-0.4, -0.2) is 36.2 Å². The Balaban J connectivity index is 1.84. The van der Waals surface area contributed by atoms with Crippen molar-refractivity contribution in [1.82, 2.24) is 0 Å². The van der Waals surface area contributed by atoms with Crippen molar-refractivity contribution >= 4 is 34.9 Å². The molecule has 38 heavy (non-hydrogen) atoms. The number of hydrogen-bond acceptors (Lipinski definition) is 5. The number of thioether (sulfide) groups is 1. The highest BCUT2D eigenvalue weighted by molar-refractivity contribution is 7.99. The zero-order valence-corrected chi connectivity index (χ0v) is 20.5. The molecule has 0 amide bonds. The van der Waals surface area contributed by atoms with Gasteiger partial charge in [-0.2, -0.15) is 0 Å². The molecule has 0 bridgehead atoms. The second-order valence-corrected chi connectivity index (χ2v) is 8.82. The summed E-state index contributed by atoms with van der Waals surface area (Å²) in [7, 11) is 0. The average Bonchev–Trinajstić information content (AvgIpc) is 2.81. The molecule has 0 aliphatic carbocycles. The van der Waals surface area contributed by atoms with Gasteiger partial charge in [0.15, 0.2) is 6.61 Å². The van der Waals surface area contributed by atoms with Crippen molar-refractivity contribution in [1.29, 1.82) is 0 Å². The van der Waals surface area contributed by atoms with E-state index < -0.39 is 36.8 Å². The van der Waals surface area contributed by atoms with E-state index in [1.165, 1.54) is 42.1 Å². The second-order valence-electron chi connectivity index (χ2n) is 7.35. The molecule has 0 aliphatic heterocycles. The first-order valence-electron chi connectivity index (χ1n) is 10.5. The Hall–Kier alpha value is -3.51. The van der Waals surface area contributed by atoms with Gasteiger partial charge in [-0.25, -0.2) is 4.79 Å². The van der Waals surface area contributed by atoms with Crippen LogP contribution in [0.1, 0.15) is 11.1 Å². The molecule has 1 N–H and O–H groups in total. The molecule has 0 unspecified atom stereocenters. The van der Waals surface area contributed by atoms with Crippen molar-refractivity contribution in [2.24, 2.45) is 0 Å². The molecule has 5 nitrogen and oxygen atoms in total. The maximum absolute atomic E-state index is 12.5. The van der Waals surface area contributed by atoms with Gasteiger partial charge in [-0.15, -0.1) is 38.1 Å². The summed E-state index contributed by atoms with van der Waals surface area (Å²) < 4.78 is 87.9. The van der Waals surface area contributed by atoms with E-state index in [4.69, 9.17) is 21.4 Å². The van der Waals surface area contributed by atoms with Crippen molar-refractivity contribution in [3.8, 4) is 17.2 Å². The summed E-state index contributed by atoms with van der Waals surface area (Å²) >= 11 is 7.55. The van der Waals surface area contributed by atoms with Gasteiger partial charge in [-0.1, -0.05) is 41.9 Å². The smallest absolute Gasteiger partial charge is 0.482 e. The van der Waals surface area contributed by atoms with Gasteiger partial charge in [0.2, 0.25) is 0 Å². The normalized spacial score (nSPS) is 11.6. The third-order valence-corrected chi connectivity index (χ3v) is 6.01. The van der Waals surface area contributed by atoms with Crippen molar-refractivity contribution in [2.75, 3.05) is 12.4 Å². The van der Waals surface area contributed by atoms with Gasteiger partial charge in [0, 0.05) is 10.6 Å². The summed E-state index contributed by atoms with van der Waals surface area (Å²) in [5.41, 5.74) is 1.48. The largest absolute Gasteiger partial charge is 0.573 e. The topological polar surface area (TPSA) is 65.0 Å². The maximum Gasteiger partial charge on any atom is 0.573 e. The van der Waals surface area contributed by atoms with Gasteiger partial charge in [0.1, 0.15) is 17.2 Å². The van der Waals surface area contributed by atoms with Crippen LogP contribution in [0.5, 0.6) is 17.2 Å². The average molecular weight is 579 g/mol. The van der Waals surface area contributed by atoms with Crippen molar-refractivity contribution in [3.63, 3.8) is 0 Å². The first kappa shape index (κ1) is 29.1. The Morgan fingerprint density at radius 2 is 1.29 bits per heavy atom. The van der Waals surface area contributed by atoms with E-state index in [1.54, 1.807) is 18.2 Å². The van der Waals surface area contributed by atoms with Crippen molar-refractivity contribution in [3.05, 3.63) is 89.0 Å². The van der Waals surface area contributed by atoms with Crippen LogP contribution in [0.3, 0.4) is 0 Å². The summed E-state index contributed by atoms with van der Waals surface area (Å²) in [5.74, 6) is -1.43. The summed E-state index contributed by atoms with van der Waals surface area (Å²) in [6, 6.07) is 14.7. The number of halogens is 7. The van der Waals surface area contributed by atoms with Crippen LogP contribution < -0.4 is 14.2 Å². The molecule has 0 aliphatic rings. The zero-order valence-electron chi connectivity index (χ0n) is 19.0. The molecular formula is C25H17ClF6O5S. The number of carbonyl (C=O) groups is 1. The monoisotopic (exact) mass is 578 g/mol. The summed E-state index contributed by atoms with van der Waals surface area (Å²) in [5, 5.41) is 9.00. The lowest BCUT2D eigenvalue weighted by molar-refractivity contribution is -0.275. The van der Waals surface area contributed by atoms with E-state index in [0.29, 0.717) is 32.4 Å². The van der Waals surface area contributed by atoms with Crippen molar-refractivity contribution < 1.29 is 50.5 Å². The number of ether oxygens (including phenoxy) is 3. The van der Waals surface area contributed by atoms with Gasteiger partial charge >= 0.3 is 18.7 Å². The van der Waals surface area contributed by atoms with Crippen LogP contribution in [0.15, 0.2) is 77.7 Å². The fourth-order valence-corrected chi connectivity index (χ4v) is 4.25. The Kier molecular flexibility index (Phi) is 9.45. The zero-order chi connectivity index (χ0) is 27.9. The molecule has 3 aromatic carbocycles. The Morgan fingerprint density at radius 3 is 1.71 bits per heavy atom. The van der Waals surface area contributed by atoms with E-state index in [-0.39, 0.29) is 5.75 Å². The van der Waals surface area contributed by atoms with Gasteiger partial charge < -0.3 is 19.3 Å². The first-order chi connectivity index (χ1) is 17.8. The highest BCUT2D eigenvalue weighted by Crippen LogP contribution is 2.34. The molecule has 0 saturated carbocycles. The standard InChI is InChI=1S/C25H17ClF6O5S/c26-21-13-19(35-14-23(33)34)9-10-22(21)38-12-11-20(15-1-5-17(6-2-15)36-24(27,28)29)16-3-7-18(8-4-16)37-25(30,31)32/h1-11,13H,12,14H2,(H,33,34). The number of rotatable bonds is 10. The van der Waals surface area contributed by atoms with Crippen LogP contribution in [0.25, 0.3) is 5.57 Å². The molecule has 3 aromatic rings. The van der Waals surface area contributed by atoms with E-state index >= 15 is 0 Å². The summed E-state index contributed by atoms with van der Waals surface area (Å²) in [4.78, 5) is 11.3. The van der Waals surface area contributed by atoms with Crippen LogP contribution in [0, 0.1) is 0 Å². The molecule has 3 rings (SSSR count). The lowest BCUT2D eigenvalue weighted by Crippen LogP contribution is -2.17. The predicted octanol–water partition coefficient (Wildman–Crippen LogP) is 7.82. The van der Waals surface area contributed by atoms with E-state index in [1.807, 2.05) is 0 Å². The summed E-state index contributed by atoms with van der Waals surface area (Å²) in [6.07, 6.45) is -7.99. The minimum absolute atomic E-state index is 0.264. The number of hydrogen-bond donors (Lipinski definition) is 1. The molecule has 202 valence electrons. The lowest BCUT2D eigenvalue weighted by atomic mass is 9.97. The highest BCUT2D eigenvalue weighted by atomic mass is 35.5. The van der Waals surface area contributed by atoms with Crippen molar-refractivity contribution in [2.45, 2.75) is 17.6 Å². The summed E-state index contributed by atoms with van der Waals surface area (Å²) in [6.45, 7) is -0.533. The number of carboxylic acids is 1. The van der Waals surface area contributed by atoms with Gasteiger partial charge in [0.05, 0.1) is 5.02 Å². The molecule has 0 spiro atoms. The predicted molar refractivity (Wildman–Crippen MR) is 129 cm³/mol. The quantitative estimate of drug-likeness (QED) is 0.195. The van der Waals surface area contributed by atoms with E-state index in [2.05, 4.69) is 9.47 Å². The molecule has 0 radical (unpaired) electrons. The minimum atomic E-state index is -4.86. The molecule has 13 heteroatoms. The van der Waals surface area contributed by atoms with E-state index in [9.17, 15) is 31.1 Å². The second kappa shape index (κ2) is 12.4. The SMILES string of the molecule is O=C(O)COc1ccc(SCC=C(c2ccc(OC(F)(F)F)cc2)c2ccc(OC(F)(F)F)cc2)c(Cl)c1. The van der Waals surface area contributed by atoms with Crippen LogP contribution in [-0.2, 0) is 4.79 Å². The van der Waals surface area contributed by atoms with Crippen LogP contribution in [0.2, 0.25) is 5.02 Å². The van der Waals surface area contributed by atoms with Gasteiger partial charge in [-0.05, 0) is 59.2 Å². The molecule has 0 atom stereocenters. The number of aliphatic carboxylic acids is 1. The van der Waals surface area contributed by atoms with E-state index in [0.717, 1.165) is 24.3 Å². The minimum Gasteiger partial charge on any atom is -0.482 e. The third-order valence-electron chi connectivity index (χ3n) is 4.59. The number of benzene rings is 3. The Morgan fingerprint density at radius 1 is 0.816 bits per heavy atom. The highest BCUT2D eigenvalue weighted by Gasteiger charge is 2.31. The number of alkyl halides is 6. The third kappa shape index (κ3) is 9.42.